The summed E-state index contributed by atoms with van der Waals surface area (Å²) >= 11 is 0. The molecule has 0 saturated carbocycles. The number of nitrogen functional groups attached to an aromatic ring is 1. The van der Waals surface area contributed by atoms with Crippen LogP contribution in [0.1, 0.15) is 45.4 Å². The summed E-state index contributed by atoms with van der Waals surface area (Å²) in [6.07, 6.45) is 0.985. The van der Waals surface area contributed by atoms with Gasteiger partial charge in [0.05, 0.1) is 5.69 Å². The lowest BCUT2D eigenvalue weighted by Crippen LogP contribution is -2.11. The maximum absolute atomic E-state index is 6.10. The number of hydrogen-bond acceptors (Lipinski definition) is 3. The van der Waals surface area contributed by atoms with Gasteiger partial charge in [0.25, 0.3) is 0 Å². The van der Waals surface area contributed by atoms with E-state index >= 15 is 0 Å². The summed E-state index contributed by atoms with van der Waals surface area (Å²) in [6, 6.07) is 8.15. The van der Waals surface area contributed by atoms with E-state index in [9.17, 15) is 0 Å². The zero-order valence-corrected chi connectivity index (χ0v) is 13.6. The number of aromatic nitrogens is 2. The quantitative estimate of drug-likeness (QED) is 0.913. The minimum atomic E-state index is 0.0878. The van der Waals surface area contributed by atoms with Crippen molar-refractivity contribution in [2.45, 2.75) is 53.0 Å². The molecule has 0 aliphatic heterocycles. The Morgan fingerprint density at radius 1 is 1.29 bits per heavy atom. The molecule has 0 bridgehead atoms. The first kappa shape index (κ1) is 15.4. The molecule has 0 radical (unpaired) electrons. The average Bonchev–Trinajstić information content (AvgIpc) is 2.67. The molecule has 4 nitrogen and oxygen atoms in total. The van der Waals surface area contributed by atoms with Crippen molar-refractivity contribution in [1.29, 1.82) is 0 Å². The number of aryl methyl sites for hydroxylation is 2. The van der Waals surface area contributed by atoms with Crippen LogP contribution in [-0.2, 0) is 12.0 Å². The standard InChI is InChI=1S/C17H25N3O/c1-6-10-20-16(15(18)12(2)19-20)21-14-9-7-8-13(11-14)17(3,4)5/h7-9,11H,6,10,18H2,1-5H3. The van der Waals surface area contributed by atoms with Gasteiger partial charge in [0.15, 0.2) is 0 Å². The van der Waals surface area contributed by atoms with E-state index in [0.717, 1.165) is 24.4 Å². The molecule has 0 amide bonds. The molecule has 2 rings (SSSR count). The van der Waals surface area contributed by atoms with Gasteiger partial charge in [-0.25, -0.2) is 4.68 Å². The van der Waals surface area contributed by atoms with E-state index in [4.69, 9.17) is 10.5 Å². The molecule has 4 heteroatoms. The Labute approximate surface area is 126 Å². The van der Waals surface area contributed by atoms with E-state index in [1.807, 2.05) is 23.7 Å². The Kier molecular flexibility index (Phi) is 4.26. The molecule has 0 saturated heterocycles. The fourth-order valence-corrected chi connectivity index (χ4v) is 2.18. The van der Waals surface area contributed by atoms with Crippen LogP contribution in [0.3, 0.4) is 0 Å². The Bertz CT molecular complexity index is 623. The lowest BCUT2D eigenvalue weighted by molar-refractivity contribution is 0.409. The molecule has 0 aliphatic carbocycles. The highest BCUT2D eigenvalue weighted by molar-refractivity contribution is 5.54. The van der Waals surface area contributed by atoms with Crippen LogP contribution in [0.15, 0.2) is 24.3 Å². The van der Waals surface area contributed by atoms with Crippen LogP contribution in [0.4, 0.5) is 5.69 Å². The monoisotopic (exact) mass is 287 g/mol. The molecular weight excluding hydrogens is 262 g/mol. The summed E-state index contributed by atoms with van der Waals surface area (Å²) in [4.78, 5) is 0. The van der Waals surface area contributed by atoms with Crippen molar-refractivity contribution in [2.75, 3.05) is 5.73 Å². The number of benzene rings is 1. The van der Waals surface area contributed by atoms with Crippen molar-refractivity contribution in [2.24, 2.45) is 0 Å². The second-order valence-corrected chi connectivity index (χ2v) is 6.41. The Morgan fingerprint density at radius 2 is 2.00 bits per heavy atom. The number of rotatable bonds is 4. The van der Waals surface area contributed by atoms with Crippen LogP contribution >= 0.6 is 0 Å². The Balaban J connectivity index is 2.34. The first-order valence-electron chi connectivity index (χ1n) is 7.44. The highest BCUT2D eigenvalue weighted by Gasteiger charge is 2.17. The number of nitrogens with zero attached hydrogens (tertiary/aromatic N) is 2. The largest absolute Gasteiger partial charge is 0.437 e. The number of hydrogen-bond donors (Lipinski definition) is 1. The van der Waals surface area contributed by atoms with Crippen LogP contribution in [-0.4, -0.2) is 9.78 Å². The molecule has 21 heavy (non-hydrogen) atoms. The molecule has 0 spiro atoms. The van der Waals surface area contributed by atoms with Crippen LogP contribution in [0.5, 0.6) is 11.6 Å². The topological polar surface area (TPSA) is 53.1 Å². The van der Waals surface area contributed by atoms with Gasteiger partial charge in [0.1, 0.15) is 11.4 Å². The van der Waals surface area contributed by atoms with E-state index in [-0.39, 0.29) is 5.41 Å². The molecule has 1 aromatic carbocycles. The predicted molar refractivity (Wildman–Crippen MR) is 86.9 cm³/mol. The van der Waals surface area contributed by atoms with E-state index in [1.54, 1.807) is 0 Å². The summed E-state index contributed by atoms with van der Waals surface area (Å²) in [5, 5.41) is 4.43. The molecule has 0 aliphatic rings. The van der Waals surface area contributed by atoms with Gasteiger partial charge in [-0.2, -0.15) is 5.10 Å². The second-order valence-electron chi connectivity index (χ2n) is 6.41. The summed E-state index contributed by atoms with van der Waals surface area (Å²) in [6.45, 7) is 11.4. The molecule has 1 aromatic heterocycles. The summed E-state index contributed by atoms with van der Waals surface area (Å²) in [7, 11) is 0. The predicted octanol–water partition coefficient (Wildman–Crippen LogP) is 4.27. The SMILES string of the molecule is CCCn1nc(C)c(N)c1Oc1cccc(C(C)(C)C)c1. The van der Waals surface area contributed by atoms with Crippen molar-refractivity contribution in [3.05, 3.63) is 35.5 Å². The minimum absolute atomic E-state index is 0.0878. The smallest absolute Gasteiger partial charge is 0.241 e. The molecule has 0 atom stereocenters. The third kappa shape index (κ3) is 3.38. The molecule has 2 N–H and O–H groups in total. The highest BCUT2D eigenvalue weighted by atomic mass is 16.5. The van der Waals surface area contributed by atoms with Crippen molar-refractivity contribution in [1.82, 2.24) is 9.78 Å². The van der Waals surface area contributed by atoms with Crippen LogP contribution < -0.4 is 10.5 Å². The van der Waals surface area contributed by atoms with Gasteiger partial charge >= 0.3 is 0 Å². The highest BCUT2D eigenvalue weighted by Crippen LogP contribution is 2.32. The molecular formula is C17H25N3O. The Morgan fingerprint density at radius 3 is 2.62 bits per heavy atom. The van der Waals surface area contributed by atoms with Gasteiger partial charge in [0.2, 0.25) is 5.88 Å². The molecule has 0 unspecified atom stereocenters. The van der Waals surface area contributed by atoms with Gasteiger partial charge in [-0.15, -0.1) is 0 Å². The average molecular weight is 287 g/mol. The van der Waals surface area contributed by atoms with Gasteiger partial charge in [0, 0.05) is 6.54 Å². The molecule has 0 fully saturated rings. The van der Waals surface area contributed by atoms with Crippen LogP contribution in [0, 0.1) is 6.92 Å². The normalized spacial score (nSPS) is 11.7. The Hall–Kier alpha value is -1.97. The number of anilines is 1. The fraction of sp³-hybridized carbons (Fsp3) is 0.471. The van der Waals surface area contributed by atoms with E-state index in [0.29, 0.717) is 11.6 Å². The summed E-state index contributed by atoms with van der Waals surface area (Å²) in [5.41, 5.74) is 8.84. The van der Waals surface area contributed by atoms with Gasteiger partial charge in [-0.3, -0.25) is 0 Å². The zero-order valence-electron chi connectivity index (χ0n) is 13.6. The third-order valence-electron chi connectivity index (χ3n) is 3.48. The summed E-state index contributed by atoms with van der Waals surface area (Å²) in [5.74, 6) is 1.44. The first-order chi connectivity index (χ1) is 9.82. The summed E-state index contributed by atoms with van der Waals surface area (Å²) < 4.78 is 7.87. The lowest BCUT2D eigenvalue weighted by Gasteiger charge is -2.19. The van der Waals surface area contributed by atoms with E-state index in [2.05, 4.69) is 44.9 Å². The van der Waals surface area contributed by atoms with Crippen molar-refractivity contribution < 1.29 is 4.74 Å². The molecule has 1 heterocycles. The maximum atomic E-state index is 6.10. The number of nitrogens with two attached hydrogens (primary N) is 1. The fourth-order valence-electron chi connectivity index (χ4n) is 2.18. The van der Waals surface area contributed by atoms with Gasteiger partial charge in [-0.05, 0) is 36.5 Å². The van der Waals surface area contributed by atoms with Gasteiger partial charge in [-0.1, -0.05) is 39.8 Å². The van der Waals surface area contributed by atoms with Gasteiger partial charge < -0.3 is 10.5 Å². The van der Waals surface area contributed by atoms with Crippen molar-refractivity contribution in [3.63, 3.8) is 0 Å². The van der Waals surface area contributed by atoms with E-state index < -0.39 is 0 Å². The number of ether oxygens (including phenoxy) is 1. The van der Waals surface area contributed by atoms with Crippen molar-refractivity contribution in [3.8, 4) is 11.6 Å². The van der Waals surface area contributed by atoms with Crippen molar-refractivity contribution >= 4 is 5.69 Å². The van der Waals surface area contributed by atoms with Crippen LogP contribution in [0.25, 0.3) is 0 Å². The zero-order chi connectivity index (χ0) is 15.6. The minimum Gasteiger partial charge on any atom is -0.437 e. The molecule has 114 valence electrons. The molecule has 2 aromatic rings. The third-order valence-corrected chi connectivity index (χ3v) is 3.48. The second kappa shape index (κ2) is 5.80. The lowest BCUT2D eigenvalue weighted by atomic mass is 9.87. The first-order valence-corrected chi connectivity index (χ1v) is 7.44. The van der Waals surface area contributed by atoms with Crippen LogP contribution in [0.2, 0.25) is 0 Å². The van der Waals surface area contributed by atoms with E-state index in [1.165, 1.54) is 5.56 Å². The maximum Gasteiger partial charge on any atom is 0.241 e.